The van der Waals surface area contributed by atoms with Gasteiger partial charge in [0.2, 0.25) is 0 Å². The van der Waals surface area contributed by atoms with Crippen molar-refractivity contribution in [1.82, 2.24) is 0 Å². The first-order valence-electron chi connectivity index (χ1n) is 8.53. The highest BCUT2D eigenvalue weighted by molar-refractivity contribution is 5.29. The fraction of sp³-hybridized carbons (Fsp3) is 0.600. The average Bonchev–Trinajstić information content (AvgIpc) is 2.50. The fourth-order valence-electron chi connectivity index (χ4n) is 4.83. The van der Waals surface area contributed by atoms with E-state index in [0.29, 0.717) is 17.1 Å². The van der Waals surface area contributed by atoms with Gasteiger partial charge < -0.3 is 5.11 Å². The highest BCUT2D eigenvalue weighted by Gasteiger charge is 2.41. The van der Waals surface area contributed by atoms with Gasteiger partial charge in [0.25, 0.3) is 0 Å². The number of phenols is 1. The third kappa shape index (κ3) is 3.02. The zero-order chi connectivity index (χ0) is 14.9. The molecule has 0 heterocycles. The lowest BCUT2D eigenvalue weighted by molar-refractivity contribution is 0.0690. The molecule has 2 unspecified atom stereocenters. The number of rotatable bonds is 2. The van der Waals surface area contributed by atoms with E-state index in [1.54, 1.807) is 0 Å². The van der Waals surface area contributed by atoms with E-state index in [2.05, 4.69) is 31.7 Å². The van der Waals surface area contributed by atoms with Gasteiger partial charge in [-0.05, 0) is 85.8 Å². The Morgan fingerprint density at radius 1 is 1.10 bits per heavy atom. The second kappa shape index (κ2) is 5.87. The molecule has 21 heavy (non-hydrogen) atoms. The molecule has 114 valence electrons. The summed E-state index contributed by atoms with van der Waals surface area (Å²) in [6, 6.07) is 7.90. The van der Waals surface area contributed by atoms with E-state index in [1.165, 1.54) is 50.5 Å². The van der Waals surface area contributed by atoms with Crippen molar-refractivity contribution >= 4 is 0 Å². The molecule has 2 fully saturated rings. The van der Waals surface area contributed by atoms with Crippen LogP contribution < -0.4 is 0 Å². The molecule has 1 heteroatoms. The van der Waals surface area contributed by atoms with Gasteiger partial charge in [-0.15, -0.1) is 6.58 Å². The molecule has 0 aromatic heterocycles. The summed E-state index contributed by atoms with van der Waals surface area (Å²) < 4.78 is 0. The topological polar surface area (TPSA) is 20.2 Å². The van der Waals surface area contributed by atoms with Gasteiger partial charge in [0, 0.05) is 0 Å². The Hall–Kier alpha value is -1.24. The third-order valence-electron chi connectivity index (χ3n) is 6.17. The van der Waals surface area contributed by atoms with Crippen LogP contribution in [0.4, 0.5) is 0 Å². The monoisotopic (exact) mass is 284 g/mol. The number of benzene rings is 1. The first kappa shape index (κ1) is 14.7. The standard InChI is InChI=1S/C20H28O/c1-3-16-8-11-20(12-9-16)13-10-19(15(2)14-20)17-4-6-18(21)7-5-17/h3-7,15-16,19,21H,1,8-14H2,2H3. The number of aromatic hydroxyl groups is 1. The maximum atomic E-state index is 9.46. The summed E-state index contributed by atoms with van der Waals surface area (Å²) in [4.78, 5) is 0. The molecule has 0 saturated heterocycles. The van der Waals surface area contributed by atoms with Crippen LogP contribution in [0.5, 0.6) is 5.75 Å². The molecule has 0 bridgehead atoms. The van der Waals surface area contributed by atoms with Crippen molar-refractivity contribution in [3.63, 3.8) is 0 Å². The summed E-state index contributed by atoms with van der Waals surface area (Å²) in [7, 11) is 0. The minimum atomic E-state index is 0.376. The molecular formula is C20H28O. The van der Waals surface area contributed by atoms with Crippen LogP contribution in [0, 0.1) is 17.3 Å². The van der Waals surface area contributed by atoms with Gasteiger partial charge in [0.1, 0.15) is 5.75 Å². The van der Waals surface area contributed by atoms with Crippen LogP contribution in [0.1, 0.15) is 63.4 Å². The van der Waals surface area contributed by atoms with Crippen LogP contribution in [0.3, 0.4) is 0 Å². The van der Waals surface area contributed by atoms with E-state index in [-0.39, 0.29) is 0 Å². The molecule has 2 aliphatic rings. The average molecular weight is 284 g/mol. The molecule has 1 N–H and O–H groups in total. The highest BCUT2D eigenvalue weighted by Crippen LogP contribution is 2.54. The molecule has 2 saturated carbocycles. The SMILES string of the molecule is C=CC1CCC2(CC1)CCC(c1ccc(O)cc1)C(C)C2. The molecule has 2 aliphatic carbocycles. The van der Waals surface area contributed by atoms with E-state index in [0.717, 1.165) is 11.8 Å². The highest BCUT2D eigenvalue weighted by atomic mass is 16.3. The van der Waals surface area contributed by atoms with Crippen LogP contribution in [0.25, 0.3) is 0 Å². The lowest BCUT2D eigenvalue weighted by Crippen LogP contribution is -2.35. The molecule has 2 atom stereocenters. The van der Waals surface area contributed by atoms with Crippen LogP contribution in [-0.4, -0.2) is 5.11 Å². The predicted octanol–water partition coefficient (Wildman–Crippen LogP) is 5.66. The smallest absolute Gasteiger partial charge is 0.115 e. The predicted molar refractivity (Wildman–Crippen MR) is 88.5 cm³/mol. The number of hydrogen-bond donors (Lipinski definition) is 1. The summed E-state index contributed by atoms with van der Waals surface area (Å²) in [5.74, 6) is 2.57. The van der Waals surface area contributed by atoms with Crippen molar-refractivity contribution in [3.8, 4) is 5.75 Å². The first-order valence-corrected chi connectivity index (χ1v) is 8.53. The van der Waals surface area contributed by atoms with Crippen molar-refractivity contribution in [2.24, 2.45) is 17.3 Å². The van der Waals surface area contributed by atoms with Crippen LogP contribution >= 0.6 is 0 Å². The molecule has 1 spiro atoms. The van der Waals surface area contributed by atoms with Gasteiger partial charge in [-0.1, -0.05) is 25.1 Å². The van der Waals surface area contributed by atoms with Gasteiger partial charge in [0.05, 0.1) is 0 Å². The zero-order valence-electron chi connectivity index (χ0n) is 13.2. The molecule has 0 amide bonds. The van der Waals surface area contributed by atoms with Gasteiger partial charge in [-0.2, -0.15) is 0 Å². The summed E-state index contributed by atoms with van der Waals surface area (Å²) in [6.45, 7) is 6.40. The summed E-state index contributed by atoms with van der Waals surface area (Å²) in [5.41, 5.74) is 2.03. The summed E-state index contributed by atoms with van der Waals surface area (Å²) in [5, 5.41) is 9.46. The lowest BCUT2D eigenvalue weighted by Gasteiger charge is -2.47. The molecule has 1 aromatic rings. The van der Waals surface area contributed by atoms with Crippen molar-refractivity contribution < 1.29 is 5.11 Å². The summed E-state index contributed by atoms with van der Waals surface area (Å²) >= 11 is 0. The minimum Gasteiger partial charge on any atom is -0.508 e. The molecule has 1 aromatic carbocycles. The zero-order valence-corrected chi connectivity index (χ0v) is 13.2. The number of phenolic OH excluding ortho intramolecular Hbond substituents is 1. The second-order valence-corrected chi connectivity index (χ2v) is 7.49. The first-order chi connectivity index (χ1) is 10.1. The lowest BCUT2D eigenvalue weighted by atomic mass is 9.58. The van der Waals surface area contributed by atoms with E-state index in [1.807, 2.05) is 12.1 Å². The van der Waals surface area contributed by atoms with Gasteiger partial charge in [0.15, 0.2) is 0 Å². The summed E-state index contributed by atoms with van der Waals surface area (Å²) in [6.07, 6.45) is 11.7. The van der Waals surface area contributed by atoms with Crippen LogP contribution in [-0.2, 0) is 0 Å². The van der Waals surface area contributed by atoms with E-state index >= 15 is 0 Å². The normalized spacial score (nSPS) is 36.5. The second-order valence-electron chi connectivity index (χ2n) is 7.49. The molecule has 3 rings (SSSR count). The van der Waals surface area contributed by atoms with Gasteiger partial charge >= 0.3 is 0 Å². The Bertz CT molecular complexity index is 479. The molecule has 0 radical (unpaired) electrons. The van der Waals surface area contributed by atoms with Crippen LogP contribution in [0.2, 0.25) is 0 Å². The van der Waals surface area contributed by atoms with E-state index in [4.69, 9.17) is 0 Å². The number of hydrogen-bond acceptors (Lipinski definition) is 1. The molecular weight excluding hydrogens is 256 g/mol. The van der Waals surface area contributed by atoms with E-state index < -0.39 is 0 Å². The Labute approximate surface area is 129 Å². The van der Waals surface area contributed by atoms with Crippen molar-refractivity contribution in [1.29, 1.82) is 0 Å². The number of allylic oxidation sites excluding steroid dienone is 1. The van der Waals surface area contributed by atoms with Crippen molar-refractivity contribution in [2.45, 2.75) is 57.8 Å². The van der Waals surface area contributed by atoms with Crippen molar-refractivity contribution in [3.05, 3.63) is 42.5 Å². The Kier molecular flexibility index (Phi) is 4.10. The quantitative estimate of drug-likeness (QED) is 0.695. The maximum absolute atomic E-state index is 9.46. The van der Waals surface area contributed by atoms with Crippen molar-refractivity contribution in [2.75, 3.05) is 0 Å². The Morgan fingerprint density at radius 2 is 1.71 bits per heavy atom. The minimum absolute atomic E-state index is 0.376. The fourth-order valence-corrected chi connectivity index (χ4v) is 4.83. The molecule has 0 aliphatic heterocycles. The van der Waals surface area contributed by atoms with E-state index in [9.17, 15) is 5.11 Å². The Balaban J connectivity index is 1.67. The maximum Gasteiger partial charge on any atom is 0.115 e. The van der Waals surface area contributed by atoms with Gasteiger partial charge in [-0.3, -0.25) is 0 Å². The third-order valence-corrected chi connectivity index (χ3v) is 6.17. The van der Waals surface area contributed by atoms with Crippen LogP contribution in [0.15, 0.2) is 36.9 Å². The Morgan fingerprint density at radius 3 is 2.29 bits per heavy atom. The largest absolute Gasteiger partial charge is 0.508 e. The molecule has 1 nitrogen and oxygen atoms in total. The van der Waals surface area contributed by atoms with Gasteiger partial charge in [-0.25, -0.2) is 0 Å².